The molecule has 1 atom stereocenters. The molecule has 1 aliphatic rings. The van der Waals surface area contributed by atoms with E-state index in [1.165, 1.54) is 7.11 Å². The molecule has 0 aromatic heterocycles. The van der Waals surface area contributed by atoms with Crippen LogP contribution in [0.25, 0.3) is 0 Å². The molecule has 11 heavy (non-hydrogen) atoms. The van der Waals surface area contributed by atoms with Crippen molar-refractivity contribution >= 4 is 5.91 Å². The van der Waals surface area contributed by atoms with E-state index in [4.69, 9.17) is 0 Å². The molecule has 1 aliphatic carbocycles. The highest BCUT2D eigenvalue weighted by molar-refractivity contribution is 5.75. The van der Waals surface area contributed by atoms with Gasteiger partial charge in [-0.05, 0) is 18.8 Å². The first-order chi connectivity index (χ1) is 5.33. The molecule has 0 aromatic rings. The van der Waals surface area contributed by atoms with Crippen LogP contribution in [-0.2, 0) is 9.63 Å². The van der Waals surface area contributed by atoms with Gasteiger partial charge in [-0.2, -0.15) is 0 Å². The van der Waals surface area contributed by atoms with Crippen LogP contribution in [0.1, 0.15) is 19.3 Å². The number of hydroxylamine groups is 1. The maximum atomic E-state index is 10.9. The van der Waals surface area contributed by atoms with E-state index in [1.807, 2.05) is 0 Å². The van der Waals surface area contributed by atoms with Gasteiger partial charge in [0.1, 0.15) is 0 Å². The number of allylic oxidation sites excluding steroid dienone is 2. The highest BCUT2D eigenvalue weighted by atomic mass is 16.6. The lowest BCUT2D eigenvalue weighted by atomic mass is 10.1. The Morgan fingerprint density at radius 1 is 1.82 bits per heavy atom. The number of hydrogen-bond donors (Lipinski definition) is 1. The Morgan fingerprint density at radius 2 is 2.64 bits per heavy atom. The van der Waals surface area contributed by atoms with Crippen molar-refractivity contribution in [3.05, 3.63) is 12.2 Å². The smallest absolute Gasteiger partial charge is 0.244 e. The number of carbonyl (C=O) groups is 1. The molecule has 0 fully saturated rings. The van der Waals surface area contributed by atoms with Crippen molar-refractivity contribution in [2.75, 3.05) is 7.11 Å². The summed E-state index contributed by atoms with van der Waals surface area (Å²) < 4.78 is 0. The first kappa shape index (κ1) is 8.27. The van der Waals surface area contributed by atoms with Crippen LogP contribution in [0.15, 0.2) is 12.2 Å². The fourth-order valence-electron chi connectivity index (χ4n) is 1.26. The van der Waals surface area contributed by atoms with Gasteiger partial charge >= 0.3 is 0 Å². The predicted octanol–water partition coefficient (Wildman–Crippen LogP) is 1.02. The SMILES string of the molecule is CONC(=O)CC1C=CCC1. The van der Waals surface area contributed by atoms with Crippen LogP contribution in [0.5, 0.6) is 0 Å². The summed E-state index contributed by atoms with van der Waals surface area (Å²) in [5.74, 6) is 0.384. The van der Waals surface area contributed by atoms with Gasteiger partial charge in [-0.25, -0.2) is 5.48 Å². The monoisotopic (exact) mass is 155 g/mol. The summed E-state index contributed by atoms with van der Waals surface area (Å²) in [5.41, 5.74) is 2.30. The fraction of sp³-hybridized carbons (Fsp3) is 0.625. The molecule has 0 bridgehead atoms. The normalized spacial score (nSPS) is 22.1. The second-order valence-electron chi connectivity index (χ2n) is 2.70. The van der Waals surface area contributed by atoms with E-state index < -0.39 is 0 Å². The van der Waals surface area contributed by atoms with Crippen molar-refractivity contribution in [2.45, 2.75) is 19.3 Å². The van der Waals surface area contributed by atoms with Gasteiger partial charge in [0.2, 0.25) is 5.91 Å². The Balaban J connectivity index is 2.19. The Morgan fingerprint density at radius 3 is 3.18 bits per heavy atom. The third-order valence-corrected chi connectivity index (χ3v) is 1.78. The number of rotatable bonds is 3. The predicted molar refractivity (Wildman–Crippen MR) is 41.6 cm³/mol. The quantitative estimate of drug-likeness (QED) is 0.488. The summed E-state index contributed by atoms with van der Waals surface area (Å²) in [7, 11) is 1.45. The summed E-state index contributed by atoms with van der Waals surface area (Å²) >= 11 is 0. The molecule has 0 spiro atoms. The maximum Gasteiger partial charge on any atom is 0.244 e. The van der Waals surface area contributed by atoms with Gasteiger partial charge in [-0.15, -0.1) is 0 Å². The van der Waals surface area contributed by atoms with Crippen LogP contribution >= 0.6 is 0 Å². The van der Waals surface area contributed by atoms with Gasteiger partial charge in [0.15, 0.2) is 0 Å². The molecule has 0 saturated carbocycles. The fourth-order valence-corrected chi connectivity index (χ4v) is 1.26. The van der Waals surface area contributed by atoms with Crippen molar-refractivity contribution in [3.8, 4) is 0 Å². The van der Waals surface area contributed by atoms with Gasteiger partial charge in [0.25, 0.3) is 0 Å². The zero-order valence-electron chi connectivity index (χ0n) is 6.67. The second kappa shape index (κ2) is 4.13. The van der Waals surface area contributed by atoms with Gasteiger partial charge in [-0.1, -0.05) is 12.2 Å². The lowest BCUT2D eigenvalue weighted by Gasteiger charge is -2.05. The van der Waals surface area contributed by atoms with Gasteiger partial charge in [0.05, 0.1) is 7.11 Å². The Hall–Kier alpha value is -0.830. The minimum Gasteiger partial charge on any atom is -0.277 e. The molecule has 0 saturated heterocycles. The molecule has 0 aliphatic heterocycles. The zero-order valence-corrected chi connectivity index (χ0v) is 6.67. The third kappa shape index (κ3) is 2.72. The number of hydrogen-bond acceptors (Lipinski definition) is 2. The van der Waals surface area contributed by atoms with Crippen LogP contribution in [0.3, 0.4) is 0 Å². The number of nitrogens with one attached hydrogen (secondary N) is 1. The minimum atomic E-state index is -0.0379. The average molecular weight is 155 g/mol. The lowest BCUT2D eigenvalue weighted by molar-refractivity contribution is -0.131. The van der Waals surface area contributed by atoms with E-state index in [-0.39, 0.29) is 5.91 Å². The van der Waals surface area contributed by atoms with Crippen LogP contribution in [0, 0.1) is 5.92 Å². The number of amides is 1. The molecule has 0 aromatic carbocycles. The minimum absolute atomic E-state index is 0.0379. The molecule has 0 heterocycles. The van der Waals surface area contributed by atoms with Crippen molar-refractivity contribution in [2.24, 2.45) is 5.92 Å². The van der Waals surface area contributed by atoms with E-state index in [0.29, 0.717) is 12.3 Å². The number of carbonyl (C=O) groups excluding carboxylic acids is 1. The topological polar surface area (TPSA) is 38.3 Å². The van der Waals surface area contributed by atoms with E-state index in [1.54, 1.807) is 0 Å². The van der Waals surface area contributed by atoms with Gasteiger partial charge in [0, 0.05) is 6.42 Å². The summed E-state index contributed by atoms with van der Waals surface area (Å²) in [6, 6.07) is 0. The van der Waals surface area contributed by atoms with E-state index in [9.17, 15) is 4.79 Å². The summed E-state index contributed by atoms with van der Waals surface area (Å²) in [5, 5.41) is 0. The van der Waals surface area contributed by atoms with Crippen LogP contribution < -0.4 is 5.48 Å². The molecule has 1 unspecified atom stereocenters. The summed E-state index contributed by atoms with van der Waals surface area (Å²) in [6.45, 7) is 0. The van der Waals surface area contributed by atoms with Crippen molar-refractivity contribution in [1.82, 2.24) is 5.48 Å². The standard InChI is InChI=1S/C8H13NO2/c1-11-9-8(10)6-7-4-2-3-5-7/h2,4,7H,3,5-6H2,1H3,(H,9,10). The lowest BCUT2D eigenvalue weighted by Crippen LogP contribution is -2.23. The molecule has 3 heteroatoms. The highest BCUT2D eigenvalue weighted by Crippen LogP contribution is 2.19. The average Bonchev–Trinajstić information content (AvgIpc) is 2.40. The van der Waals surface area contributed by atoms with E-state index in [2.05, 4.69) is 22.5 Å². The summed E-state index contributed by atoms with van der Waals surface area (Å²) in [4.78, 5) is 15.4. The molecular weight excluding hydrogens is 142 g/mol. The molecule has 1 amide bonds. The Bertz CT molecular complexity index is 165. The van der Waals surface area contributed by atoms with Crippen molar-refractivity contribution < 1.29 is 9.63 Å². The van der Waals surface area contributed by atoms with Crippen molar-refractivity contribution in [1.29, 1.82) is 0 Å². The molecular formula is C8H13NO2. The van der Waals surface area contributed by atoms with Crippen LogP contribution in [0.4, 0.5) is 0 Å². The first-order valence-electron chi connectivity index (χ1n) is 3.81. The molecule has 1 N–H and O–H groups in total. The van der Waals surface area contributed by atoms with Crippen LogP contribution in [0.2, 0.25) is 0 Å². The van der Waals surface area contributed by atoms with Crippen molar-refractivity contribution in [3.63, 3.8) is 0 Å². The Kier molecular flexibility index (Phi) is 3.11. The molecule has 1 rings (SSSR count). The van der Waals surface area contributed by atoms with E-state index in [0.717, 1.165) is 12.8 Å². The second-order valence-corrected chi connectivity index (χ2v) is 2.70. The molecule has 0 radical (unpaired) electrons. The molecule has 3 nitrogen and oxygen atoms in total. The summed E-state index contributed by atoms with van der Waals surface area (Å²) in [6.07, 6.45) is 6.95. The largest absolute Gasteiger partial charge is 0.277 e. The third-order valence-electron chi connectivity index (χ3n) is 1.78. The zero-order chi connectivity index (χ0) is 8.10. The first-order valence-corrected chi connectivity index (χ1v) is 3.81. The van der Waals surface area contributed by atoms with Gasteiger partial charge < -0.3 is 0 Å². The van der Waals surface area contributed by atoms with Crippen LogP contribution in [-0.4, -0.2) is 13.0 Å². The Labute approximate surface area is 66.4 Å². The maximum absolute atomic E-state index is 10.9. The van der Waals surface area contributed by atoms with Gasteiger partial charge in [-0.3, -0.25) is 9.63 Å². The molecule has 62 valence electrons. The highest BCUT2D eigenvalue weighted by Gasteiger charge is 2.13. The van der Waals surface area contributed by atoms with E-state index >= 15 is 0 Å².